The number of nitrogens with one attached hydrogen (secondary N) is 1. The van der Waals surface area contributed by atoms with Crippen LogP contribution in [0.1, 0.15) is 39.3 Å². The van der Waals surface area contributed by atoms with Crippen molar-refractivity contribution in [3.63, 3.8) is 0 Å². The lowest BCUT2D eigenvalue weighted by atomic mass is 9.98. The van der Waals surface area contributed by atoms with Crippen molar-refractivity contribution in [1.82, 2.24) is 15.3 Å². The summed E-state index contributed by atoms with van der Waals surface area (Å²) in [5, 5.41) is 31.9. The number of carboxylic acid groups (broad SMARTS) is 1. The van der Waals surface area contributed by atoms with Crippen molar-refractivity contribution in [1.29, 1.82) is 0 Å². The van der Waals surface area contributed by atoms with E-state index in [1.54, 1.807) is 0 Å². The average Bonchev–Trinajstić information content (AvgIpc) is 3.14. The van der Waals surface area contributed by atoms with Gasteiger partial charge in [-0.3, -0.25) is 0 Å². The number of aliphatic hydroxyl groups is 2. The van der Waals surface area contributed by atoms with Gasteiger partial charge in [0.2, 0.25) is 0 Å². The molecule has 0 fully saturated rings. The van der Waals surface area contributed by atoms with Gasteiger partial charge in [-0.05, 0) is 22.3 Å². The van der Waals surface area contributed by atoms with Crippen molar-refractivity contribution in [3.8, 4) is 11.1 Å². The molecule has 0 aliphatic heterocycles. The Labute approximate surface area is 188 Å². The molecule has 1 aliphatic rings. The number of amides is 1. The largest absolute Gasteiger partial charge is 0.476 e. The minimum Gasteiger partial charge on any atom is -0.476 e. The van der Waals surface area contributed by atoms with Crippen molar-refractivity contribution >= 4 is 17.9 Å². The van der Waals surface area contributed by atoms with E-state index in [0.29, 0.717) is 0 Å². The minimum atomic E-state index is -1.59. The molecule has 6 N–H and O–H groups in total. The summed E-state index contributed by atoms with van der Waals surface area (Å²) in [4.78, 5) is 30.7. The molecular formula is C23H22N4O6. The van der Waals surface area contributed by atoms with Crippen LogP contribution < -0.4 is 11.1 Å². The summed E-state index contributed by atoms with van der Waals surface area (Å²) in [6.45, 7) is -0.254. The summed E-state index contributed by atoms with van der Waals surface area (Å²) in [6.07, 6.45) is -2.78. The van der Waals surface area contributed by atoms with Crippen LogP contribution in [0.5, 0.6) is 0 Å². The van der Waals surface area contributed by atoms with Crippen molar-refractivity contribution in [2.24, 2.45) is 0 Å². The zero-order valence-electron chi connectivity index (χ0n) is 17.4. The van der Waals surface area contributed by atoms with Gasteiger partial charge in [-0.25, -0.2) is 19.6 Å². The highest BCUT2D eigenvalue weighted by Gasteiger charge is 2.29. The smallest absolute Gasteiger partial charge is 0.407 e. The Morgan fingerprint density at radius 2 is 1.67 bits per heavy atom. The van der Waals surface area contributed by atoms with Gasteiger partial charge >= 0.3 is 12.1 Å². The van der Waals surface area contributed by atoms with Crippen LogP contribution in [0.15, 0.2) is 54.7 Å². The molecule has 0 saturated carbocycles. The van der Waals surface area contributed by atoms with E-state index >= 15 is 0 Å². The molecule has 1 heterocycles. The fraction of sp³-hybridized carbons (Fsp3) is 0.217. The number of rotatable bonds is 7. The predicted octanol–water partition coefficient (Wildman–Crippen LogP) is 1.69. The molecule has 0 spiro atoms. The van der Waals surface area contributed by atoms with Crippen LogP contribution in [0.3, 0.4) is 0 Å². The molecule has 2 aromatic carbocycles. The highest BCUT2D eigenvalue weighted by molar-refractivity contribution is 5.90. The predicted molar refractivity (Wildman–Crippen MR) is 117 cm³/mol. The third-order valence-corrected chi connectivity index (χ3v) is 5.49. The van der Waals surface area contributed by atoms with Gasteiger partial charge in [-0.2, -0.15) is 0 Å². The summed E-state index contributed by atoms with van der Waals surface area (Å²) in [5.74, 6) is -1.84. The third kappa shape index (κ3) is 4.47. The van der Waals surface area contributed by atoms with E-state index in [1.807, 2.05) is 48.5 Å². The van der Waals surface area contributed by atoms with Gasteiger partial charge in [-0.15, -0.1) is 0 Å². The highest BCUT2D eigenvalue weighted by Crippen LogP contribution is 2.44. The lowest BCUT2D eigenvalue weighted by Crippen LogP contribution is -2.36. The molecule has 0 radical (unpaired) electrons. The van der Waals surface area contributed by atoms with Crippen molar-refractivity contribution in [2.45, 2.75) is 18.1 Å². The summed E-state index contributed by atoms with van der Waals surface area (Å²) in [7, 11) is 0. The Bertz CT molecular complexity index is 1160. The SMILES string of the molecule is Nc1ncc(C(O)C(O)CNC(=O)OCC2c3ccccc3-c3ccccc32)nc1C(=O)O. The maximum Gasteiger partial charge on any atom is 0.407 e. The number of nitrogens with two attached hydrogens (primary N) is 1. The Morgan fingerprint density at radius 1 is 1.06 bits per heavy atom. The Morgan fingerprint density at radius 3 is 2.27 bits per heavy atom. The molecular weight excluding hydrogens is 428 g/mol. The quantitative estimate of drug-likeness (QED) is 0.360. The Kier molecular flexibility index (Phi) is 6.20. The number of hydrogen-bond acceptors (Lipinski definition) is 8. The first kappa shape index (κ1) is 22.2. The molecule has 10 heteroatoms. The van der Waals surface area contributed by atoms with Gasteiger partial charge in [0.05, 0.1) is 11.9 Å². The monoisotopic (exact) mass is 450 g/mol. The molecule has 1 amide bonds. The maximum atomic E-state index is 12.2. The zero-order valence-corrected chi connectivity index (χ0v) is 17.4. The molecule has 0 bridgehead atoms. The molecule has 1 aromatic heterocycles. The van der Waals surface area contributed by atoms with Crippen LogP contribution in [0, 0.1) is 0 Å². The molecule has 4 rings (SSSR count). The highest BCUT2D eigenvalue weighted by atomic mass is 16.5. The number of aromatic carboxylic acids is 1. The summed E-state index contributed by atoms with van der Waals surface area (Å²) in [5.41, 5.74) is 9.05. The second-order valence-corrected chi connectivity index (χ2v) is 7.55. The summed E-state index contributed by atoms with van der Waals surface area (Å²) < 4.78 is 5.38. The van der Waals surface area contributed by atoms with E-state index in [0.717, 1.165) is 28.5 Å². The van der Waals surface area contributed by atoms with E-state index in [2.05, 4.69) is 15.3 Å². The van der Waals surface area contributed by atoms with Crippen LogP contribution in [0.2, 0.25) is 0 Å². The lowest BCUT2D eigenvalue weighted by molar-refractivity contribution is 0.0157. The number of aromatic nitrogens is 2. The van der Waals surface area contributed by atoms with E-state index in [9.17, 15) is 19.8 Å². The molecule has 2 atom stereocenters. The first-order valence-corrected chi connectivity index (χ1v) is 10.2. The number of ether oxygens (including phenoxy) is 1. The van der Waals surface area contributed by atoms with E-state index in [-0.39, 0.29) is 30.6 Å². The maximum absolute atomic E-state index is 12.2. The molecule has 33 heavy (non-hydrogen) atoms. The van der Waals surface area contributed by atoms with Gasteiger partial charge in [0.25, 0.3) is 0 Å². The fourth-order valence-electron chi connectivity index (χ4n) is 3.86. The molecule has 1 aliphatic carbocycles. The third-order valence-electron chi connectivity index (χ3n) is 5.49. The number of benzene rings is 2. The Hall–Kier alpha value is -4.02. The molecule has 10 nitrogen and oxygen atoms in total. The number of carbonyl (C=O) groups excluding carboxylic acids is 1. The minimum absolute atomic E-state index is 0.101. The van der Waals surface area contributed by atoms with Crippen LogP contribution in [0.25, 0.3) is 11.1 Å². The molecule has 0 saturated heterocycles. The number of carboxylic acids is 1. The zero-order chi connectivity index (χ0) is 23.5. The Balaban J connectivity index is 1.35. The van der Waals surface area contributed by atoms with Gasteiger partial charge in [-0.1, -0.05) is 48.5 Å². The summed E-state index contributed by atoms with van der Waals surface area (Å²) in [6, 6.07) is 15.9. The van der Waals surface area contributed by atoms with Crippen molar-refractivity contribution < 1.29 is 29.6 Å². The van der Waals surface area contributed by atoms with Crippen LogP contribution in [0.4, 0.5) is 10.6 Å². The number of nitrogens with zero attached hydrogens (tertiary/aromatic N) is 2. The van der Waals surface area contributed by atoms with Crippen LogP contribution >= 0.6 is 0 Å². The number of aliphatic hydroxyl groups excluding tert-OH is 2. The first-order valence-electron chi connectivity index (χ1n) is 10.2. The molecule has 3 aromatic rings. The lowest BCUT2D eigenvalue weighted by Gasteiger charge is -2.19. The van der Waals surface area contributed by atoms with Crippen molar-refractivity contribution in [2.75, 3.05) is 18.9 Å². The number of alkyl carbamates (subject to hydrolysis) is 1. The number of hydrogen-bond donors (Lipinski definition) is 5. The standard InChI is InChI=1S/C23H22N4O6/c24-21-19(22(30)31)27-17(9-25-21)20(29)18(28)10-26-23(32)33-11-16-14-7-3-1-5-12(14)13-6-2-4-8-15(13)16/h1-9,16,18,20,28-29H,10-11H2,(H2,24,25)(H,26,32)(H,30,31). The number of fused-ring (bicyclic) bond motifs is 3. The van der Waals surface area contributed by atoms with E-state index in [1.165, 1.54) is 0 Å². The second-order valence-electron chi connectivity index (χ2n) is 7.55. The van der Waals surface area contributed by atoms with Crippen LogP contribution in [-0.2, 0) is 4.74 Å². The van der Waals surface area contributed by atoms with E-state index in [4.69, 9.17) is 15.6 Å². The number of anilines is 1. The summed E-state index contributed by atoms with van der Waals surface area (Å²) >= 11 is 0. The van der Waals surface area contributed by atoms with Gasteiger partial charge < -0.3 is 31.1 Å². The fourth-order valence-corrected chi connectivity index (χ4v) is 3.86. The molecule has 170 valence electrons. The molecule has 2 unspecified atom stereocenters. The first-order chi connectivity index (χ1) is 15.9. The van der Waals surface area contributed by atoms with Crippen LogP contribution in [-0.4, -0.2) is 56.6 Å². The number of nitrogen functional groups attached to an aromatic ring is 1. The van der Waals surface area contributed by atoms with Gasteiger partial charge in [0, 0.05) is 12.5 Å². The van der Waals surface area contributed by atoms with Crippen molar-refractivity contribution in [3.05, 3.63) is 77.2 Å². The van der Waals surface area contributed by atoms with E-state index < -0.39 is 30.0 Å². The number of carbonyl (C=O) groups is 2. The topological polar surface area (TPSA) is 168 Å². The normalized spacial score (nSPS) is 14.1. The van der Waals surface area contributed by atoms with Gasteiger partial charge in [0.1, 0.15) is 18.8 Å². The average molecular weight is 450 g/mol. The second kappa shape index (κ2) is 9.23. The van der Waals surface area contributed by atoms with Gasteiger partial charge in [0.15, 0.2) is 11.5 Å².